The number of hydrogen-bond donors (Lipinski definition) is 2. The van der Waals surface area contributed by atoms with Crippen LogP contribution in [-0.2, 0) is 0 Å². The van der Waals surface area contributed by atoms with E-state index in [1.54, 1.807) is 0 Å². The first-order valence-electron chi connectivity index (χ1n) is 6.85. The quantitative estimate of drug-likeness (QED) is 0.727. The normalized spacial score (nSPS) is 32.6. The fourth-order valence-electron chi connectivity index (χ4n) is 2.82. The molecule has 0 aliphatic heterocycles. The summed E-state index contributed by atoms with van der Waals surface area (Å²) in [7, 11) is 0. The van der Waals surface area contributed by atoms with Crippen molar-refractivity contribution in [3.8, 4) is 0 Å². The van der Waals surface area contributed by atoms with Gasteiger partial charge in [-0.25, -0.2) is 0 Å². The minimum Gasteiger partial charge on any atom is -0.314 e. The predicted octanol–water partition coefficient (Wildman–Crippen LogP) is 2.30. The molecule has 2 rings (SSSR count). The van der Waals surface area contributed by atoms with E-state index in [0.29, 0.717) is 0 Å². The highest BCUT2D eigenvalue weighted by Crippen LogP contribution is 2.26. The summed E-state index contributed by atoms with van der Waals surface area (Å²) in [4.78, 5) is 0. The summed E-state index contributed by atoms with van der Waals surface area (Å²) in [5.41, 5.74) is 0. The van der Waals surface area contributed by atoms with E-state index < -0.39 is 0 Å². The van der Waals surface area contributed by atoms with E-state index in [9.17, 15) is 0 Å². The van der Waals surface area contributed by atoms with Crippen LogP contribution < -0.4 is 10.6 Å². The molecular formula is C13H26N2. The van der Waals surface area contributed by atoms with Crippen LogP contribution in [0.5, 0.6) is 0 Å². The highest BCUT2D eigenvalue weighted by atomic mass is 14.9. The molecule has 2 aliphatic rings. The van der Waals surface area contributed by atoms with Gasteiger partial charge >= 0.3 is 0 Å². The fraction of sp³-hybridized carbons (Fsp3) is 1.00. The third kappa shape index (κ3) is 3.46. The Labute approximate surface area is 94.2 Å². The summed E-state index contributed by atoms with van der Waals surface area (Å²) in [5, 5.41) is 7.32. The largest absolute Gasteiger partial charge is 0.314 e. The molecule has 2 heteroatoms. The zero-order valence-electron chi connectivity index (χ0n) is 10.1. The maximum Gasteiger partial charge on any atom is 0.00683 e. The lowest BCUT2D eigenvalue weighted by molar-refractivity contribution is 0.256. The van der Waals surface area contributed by atoms with E-state index in [-0.39, 0.29) is 0 Å². The van der Waals surface area contributed by atoms with Crippen LogP contribution in [0.15, 0.2) is 0 Å². The third-order valence-electron chi connectivity index (χ3n) is 4.14. The second kappa shape index (κ2) is 5.86. The topological polar surface area (TPSA) is 24.1 Å². The Morgan fingerprint density at radius 2 is 1.47 bits per heavy atom. The molecule has 2 fully saturated rings. The van der Waals surface area contributed by atoms with Gasteiger partial charge in [-0.1, -0.05) is 13.3 Å². The van der Waals surface area contributed by atoms with Gasteiger partial charge in [0.2, 0.25) is 0 Å². The van der Waals surface area contributed by atoms with Crippen molar-refractivity contribution in [3.05, 3.63) is 0 Å². The summed E-state index contributed by atoms with van der Waals surface area (Å²) in [6, 6.07) is 1.62. The molecule has 0 heterocycles. The summed E-state index contributed by atoms with van der Waals surface area (Å²) in [6.07, 6.45) is 9.92. The molecule has 2 saturated carbocycles. The van der Waals surface area contributed by atoms with Gasteiger partial charge in [-0.2, -0.15) is 0 Å². The maximum atomic E-state index is 3.76. The van der Waals surface area contributed by atoms with Crippen molar-refractivity contribution in [1.29, 1.82) is 0 Å². The van der Waals surface area contributed by atoms with Gasteiger partial charge < -0.3 is 10.6 Å². The van der Waals surface area contributed by atoms with E-state index in [4.69, 9.17) is 0 Å². The molecule has 0 aromatic heterocycles. The zero-order chi connectivity index (χ0) is 10.5. The van der Waals surface area contributed by atoms with Gasteiger partial charge in [-0.05, 0) is 57.5 Å². The molecule has 2 aliphatic carbocycles. The van der Waals surface area contributed by atoms with E-state index in [1.165, 1.54) is 51.5 Å². The van der Waals surface area contributed by atoms with Gasteiger partial charge in [0.25, 0.3) is 0 Å². The molecule has 0 saturated heterocycles. The van der Waals surface area contributed by atoms with Crippen molar-refractivity contribution in [2.24, 2.45) is 5.92 Å². The molecule has 2 nitrogen and oxygen atoms in total. The van der Waals surface area contributed by atoms with Crippen LogP contribution in [0.25, 0.3) is 0 Å². The third-order valence-corrected chi connectivity index (χ3v) is 4.14. The van der Waals surface area contributed by atoms with Gasteiger partial charge in [-0.3, -0.25) is 0 Å². The predicted molar refractivity (Wildman–Crippen MR) is 65.1 cm³/mol. The van der Waals surface area contributed by atoms with Crippen molar-refractivity contribution < 1.29 is 0 Å². The molecule has 0 radical (unpaired) electrons. The SMILES string of the molecule is CCNC1CCC(NCC2CCC2)CC1. The molecule has 0 spiro atoms. The lowest BCUT2D eigenvalue weighted by Gasteiger charge is -2.32. The van der Waals surface area contributed by atoms with Crippen molar-refractivity contribution >= 4 is 0 Å². The van der Waals surface area contributed by atoms with Crippen LogP contribution in [-0.4, -0.2) is 25.2 Å². The molecule has 0 bridgehead atoms. The number of hydrogen-bond acceptors (Lipinski definition) is 2. The molecule has 15 heavy (non-hydrogen) atoms. The average molecular weight is 210 g/mol. The number of rotatable bonds is 5. The summed E-state index contributed by atoms with van der Waals surface area (Å²) in [5.74, 6) is 1.01. The molecule has 0 atom stereocenters. The second-order valence-corrected chi connectivity index (χ2v) is 5.31. The molecule has 2 N–H and O–H groups in total. The zero-order valence-corrected chi connectivity index (χ0v) is 10.1. The van der Waals surface area contributed by atoms with Crippen LogP contribution in [0.1, 0.15) is 51.9 Å². The minimum atomic E-state index is 0.803. The van der Waals surface area contributed by atoms with Gasteiger partial charge in [0.15, 0.2) is 0 Å². The second-order valence-electron chi connectivity index (χ2n) is 5.31. The van der Waals surface area contributed by atoms with Gasteiger partial charge in [0, 0.05) is 12.1 Å². The van der Waals surface area contributed by atoms with Crippen LogP contribution in [0, 0.1) is 5.92 Å². The van der Waals surface area contributed by atoms with Crippen LogP contribution in [0.4, 0.5) is 0 Å². The average Bonchev–Trinajstić information content (AvgIpc) is 2.19. The maximum absolute atomic E-state index is 3.76. The highest BCUT2D eigenvalue weighted by molar-refractivity contribution is 4.82. The highest BCUT2D eigenvalue weighted by Gasteiger charge is 2.22. The van der Waals surface area contributed by atoms with Crippen molar-refractivity contribution in [2.75, 3.05) is 13.1 Å². The number of nitrogens with one attached hydrogen (secondary N) is 2. The fourth-order valence-corrected chi connectivity index (χ4v) is 2.82. The first kappa shape index (κ1) is 11.4. The van der Waals surface area contributed by atoms with Crippen LogP contribution in [0.2, 0.25) is 0 Å². The first-order valence-corrected chi connectivity index (χ1v) is 6.85. The van der Waals surface area contributed by atoms with E-state index >= 15 is 0 Å². The molecule has 0 unspecified atom stereocenters. The van der Waals surface area contributed by atoms with Crippen molar-refractivity contribution in [2.45, 2.75) is 64.0 Å². The van der Waals surface area contributed by atoms with Crippen LogP contribution in [0.3, 0.4) is 0 Å². The van der Waals surface area contributed by atoms with Gasteiger partial charge in [-0.15, -0.1) is 0 Å². The molecule has 88 valence electrons. The van der Waals surface area contributed by atoms with Crippen molar-refractivity contribution in [3.63, 3.8) is 0 Å². The molecular weight excluding hydrogens is 184 g/mol. The monoisotopic (exact) mass is 210 g/mol. The standard InChI is InChI=1S/C13H26N2/c1-2-14-12-6-8-13(9-7-12)15-10-11-4-3-5-11/h11-15H,2-10H2,1H3. The van der Waals surface area contributed by atoms with E-state index in [1.807, 2.05) is 0 Å². The minimum absolute atomic E-state index is 0.803. The lowest BCUT2D eigenvalue weighted by Crippen LogP contribution is -2.42. The summed E-state index contributed by atoms with van der Waals surface area (Å²) < 4.78 is 0. The Kier molecular flexibility index (Phi) is 4.45. The Balaban J connectivity index is 1.56. The van der Waals surface area contributed by atoms with E-state index in [2.05, 4.69) is 17.6 Å². The smallest absolute Gasteiger partial charge is 0.00683 e. The van der Waals surface area contributed by atoms with Crippen LogP contribution >= 0.6 is 0 Å². The molecule has 0 aromatic rings. The lowest BCUT2D eigenvalue weighted by atomic mass is 9.84. The first-order chi connectivity index (χ1) is 7.38. The Morgan fingerprint density at radius 3 is 1.93 bits per heavy atom. The van der Waals surface area contributed by atoms with E-state index in [0.717, 1.165) is 24.5 Å². The Bertz CT molecular complexity index is 169. The Morgan fingerprint density at radius 1 is 0.867 bits per heavy atom. The summed E-state index contributed by atoms with van der Waals surface area (Å²) >= 11 is 0. The van der Waals surface area contributed by atoms with Crippen molar-refractivity contribution in [1.82, 2.24) is 10.6 Å². The van der Waals surface area contributed by atoms with Gasteiger partial charge in [0.1, 0.15) is 0 Å². The Hall–Kier alpha value is -0.0800. The van der Waals surface area contributed by atoms with Gasteiger partial charge in [0.05, 0.1) is 0 Å². The molecule has 0 amide bonds. The molecule has 0 aromatic carbocycles. The summed E-state index contributed by atoms with van der Waals surface area (Å²) in [6.45, 7) is 4.63.